The highest BCUT2D eigenvalue weighted by atomic mass is 79.9. The third-order valence-corrected chi connectivity index (χ3v) is 3.79. The van der Waals surface area contributed by atoms with Gasteiger partial charge in [-0.1, -0.05) is 40.2 Å². The van der Waals surface area contributed by atoms with Gasteiger partial charge in [0.05, 0.1) is 11.3 Å². The Morgan fingerprint density at radius 3 is 2.18 bits per heavy atom. The highest BCUT2D eigenvalue weighted by Gasteiger charge is 2.11. The van der Waals surface area contributed by atoms with Crippen molar-refractivity contribution in [1.82, 2.24) is 4.90 Å². The molecule has 0 spiro atoms. The number of halogens is 1. The maximum absolute atomic E-state index is 12.2. The maximum atomic E-state index is 12.2. The molecule has 0 atom stereocenters. The minimum Gasteiger partial charge on any atom is -0.341 e. The summed E-state index contributed by atoms with van der Waals surface area (Å²) < 4.78 is 0.996. The standard InChI is InChI=1S/C16H15BrN2O3/c1-18(11-13-2-6-14(17)7-3-13)16(20)10-12-4-8-15(9-5-12)19(21)22/h2-9H,10-11H2,1H3. The molecule has 6 heteroatoms. The van der Waals surface area contributed by atoms with Crippen molar-refractivity contribution < 1.29 is 9.72 Å². The molecular weight excluding hydrogens is 348 g/mol. The predicted molar refractivity (Wildman–Crippen MR) is 87.4 cm³/mol. The number of amides is 1. The number of nitro benzene ring substituents is 1. The SMILES string of the molecule is CN(Cc1ccc(Br)cc1)C(=O)Cc1ccc([N+](=O)[O-])cc1. The van der Waals surface area contributed by atoms with E-state index in [1.165, 1.54) is 12.1 Å². The van der Waals surface area contributed by atoms with Crippen molar-refractivity contribution in [1.29, 1.82) is 0 Å². The molecule has 0 aliphatic carbocycles. The van der Waals surface area contributed by atoms with E-state index in [9.17, 15) is 14.9 Å². The van der Waals surface area contributed by atoms with Crippen LogP contribution < -0.4 is 0 Å². The van der Waals surface area contributed by atoms with Crippen LogP contribution >= 0.6 is 15.9 Å². The van der Waals surface area contributed by atoms with Crippen molar-refractivity contribution in [2.75, 3.05) is 7.05 Å². The summed E-state index contributed by atoms with van der Waals surface area (Å²) in [7, 11) is 1.75. The van der Waals surface area contributed by atoms with Crippen LogP contribution in [-0.2, 0) is 17.8 Å². The Balaban J connectivity index is 1.95. The molecule has 0 radical (unpaired) electrons. The summed E-state index contributed by atoms with van der Waals surface area (Å²) in [6.07, 6.45) is 0.227. The Morgan fingerprint density at radius 1 is 1.09 bits per heavy atom. The molecule has 2 rings (SSSR count). The van der Waals surface area contributed by atoms with Crippen LogP contribution in [0.25, 0.3) is 0 Å². The maximum Gasteiger partial charge on any atom is 0.269 e. The second-order valence-electron chi connectivity index (χ2n) is 4.98. The average Bonchev–Trinajstić information content (AvgIpc) is 2.50. The fourth-order valence-electron chi connectivity index (χ4n) is 2.00. The topological polar surface area (TPSA) is 63.5 Å². The Hall–Kier alpha value is -2.21. The third kappa shape index (κ3) is 4.39. The van der Waals surface area contributed by atoms with Crippen LogP contribution in [0.4, 0.5) is 5.69 Å². The van der Waals surface area contributed by atoms with Gasteiger partial charge in [0.25, 0.3) is 5.69 Å². The van der Waals surface area contributed by atoms with Crippen molar-refractivity contribution in [2.24, 2.45) is 0 Å². The minimum atomic E-state index is -0.453. The van der Waals surface area contributed by atoms with Gasteiger partial charge in [-0.05, 0) is 23.3 Å². The minimum absolute atomic E-state index is 0.0272. The van der Waals surface area contributed by atoms with Gasteiger partial charge in [0, 0.05) is 30.2 Å². The number of nitrogens with zero attached hydrogens (tertiary/aromatic N) is 2. The molecule has 0 aliphatic heterocycles. The number of benzene rings is 2. The molecule has 0 saturated carbocycles. The molecule has 0 unspecified atom stereocenters. The first-order chi connectivity index (χ1) is 10.5. The van der Waals surface area contributed by atoms with Gasteiger partial charge in [0.15, 0.2) is 0 Å². The number of likely N-dealkylation sites (N-methyl/N-ethyl adjacent to an activating group) is 1. The van der Waals surface area contributed by atoms with E-state index in [4.69, 9.17) is 0 Å². The highest BCUT2D eigenvalue weighted by molar-refractivity contribution is 9.10. The van der Waals surface area contributed by atoms with Gasteiger partial charge in [0.1, 0.15) is 0 Å². The smallest absolute Gasteiger partial charge is 0.269 e. The van der Waals surface area contributed by atoms with Crippen LogP contribution in [0, 0.1) is 10.1 Å². The lowest BCUT2D eigenvalue weighted by molar-refractivity contribution is -0.384. The first kappa shape index (κ1) is 16.2. The van der Waals surface area contributed by atoms with Crippen LogP contribution in [0.5, 0.6) is 0 Å². The lowest BCUT2D eigenvalue weighted by Gasteiger charge is -2.17. The van der Waals surface area contributed by atoms with E-state index in [1.807, 2.05) is 24.3 Å². The first-order valence-electron chi connectivity index (χ1n) is 6.67. The monoisotopic (exact) mass is 362 g/mol. The molecule has 0 aromatic heterocycles. The zero-order valence-electron chi connectivity index (χ0n) is 12.0. The van der Waals surface area contributed by atoms with E-state index in [0.29, 0.717) is 6.54 Å². The number of carbonyl (C=O) groups is 1. The molecule has 0 fully saturated rings. The second kappa shape index (κ2) is 7.17. The summed E-state index contributed by atoms with van der Waals surface area (Å²) in [4.78, 5) is 24.0. The summed E-state index contributed by atoms with van der Waals surface area (Å²) in [5.41, 5.74) is 1.83. The predicted octanol–water partition coefficient (Wildman–Crippen LogP) is 3.56. The molecule has 0 N–H and O–H groups in total. The van der Waals surface area contributed by atoms with Gasteiger partial charge in [0.2, 0.25) is 5.91 Å². The van der Waals surface area contributed by atoms with E-state index >= 15 is 0 Å². The third-order valence-electron chi connectivity index (χ3n) is 3.26. The molecular formula is C16H15BrN2O3. The summed E-state index contributed by atoms with van der Waals surface area (Å²) in [6.45, 7) is 0.527. The van der Waals surface area contributed by atoms with Crippen LogP contribution in [0.1, 0.15) is 11.1 Å². The normalized spacial score (nSPS) is 10.3. The number of carbonyl (C=O) groups excluding carboxylic acids is 1. The van der Waals surface area contributed by atoms with Crippen molar-refractivity contribution in [3.63, 3.8) is 0 Å². The fourth-order valence-corrected chi connectivity index (χ4v) is 2.26. The van der Waals surface area contributed by atoms with Crippen LogP contribution in [0.15, 0.2) is 53.0 Å². The molecule has 5 nitrogen and oxygen atoms in total. The number of rotatable bonds is 5. The van der Waals surface area contributed by atoms with E-state index < -0.39 is 4.92 Å². The van der Waals surface area contributed by atoms with Gasteiger partial charge in [-0.3, -0.25) is 14.9 Å². The molecule has 22 heavy (non-hydrogen) atoms. The zero-order valence-corrected chi connectivity index (χ0v) is 13.6. The summed E-state index contributed by atoms with van der Waals surface area (Å²) in [6, 6.07) is 13.8. The average molecular weight is 363 g/mol. The molecule has 2 aromatic rings. The fraction of sp³-hybridized carbons (Fsp3) is 0.188. The Labute approximate surface area is 136 Å². The van der Waals surface area contributed by atoms with Gasteiger partial charge in [-0.15, -0.1) is 0 Å². The largest absolute Gasteiger partial charge is 0.341 e. The van der Waals surface area contributed by atoms with E-state index in [1.54, 1.807) is 24.1 Å². The number of non-ortho nitro benzene ring substituents is 1. The summed E-state index contributed by atoms with van der Waals surface area (Å²) >= 11 is 3.37. The van der Waals surface area contributed by atoms with Gasteiger partial charge >= 0.3 is 0 Å². The quantitative estimate of drug-likeness (QED) is 0.603. The van der Waals surface area contributed by atoms with Gasteiger partial charge in [-0.2, -0.15) is 0 Å². The highest BCUT2D eigenvalue weighted by Crippen LogP contribution is 2.14. The number of nitro groups is 1. The van der Waals surface area contributed by atoms with E-state index in [-0.39, 0.29) is 18.0 Å². The van der Waals surface area contributed by atoms with E-state index in [0.717, 1.165) is 15.6 Å². The van der Waals surface area contributed by atoms with Crippen LogP contribution in [-0.4, -0.2) is 22.8 Å². The van der Waals surface area contributed by atoms with Crippen molar-refractivity contribution in [2.45, 2.75) is 13.0 Å². The number of hydrogen-bond acceptors (Lipinski definition) is 3. The first-order valence-corrected chi connectivity index (χ1v) is 7.47. The Kier molecular flexibility index (Phi) is 5.27. The lowest BCUT2D eigenvalue weighted by Crippen LogP contribution is -2.27. The molecule has 1 amide bonds. The second-order valence-corrected chi connectivity index (χ2v) is 5.89. The number of hydrogen-bond donors (Lipinski definition) is 0. The Bertz CT molecular complexity index is 669. The molecule has 0 aliphatic rings. The van der Waals surface area contributed by atoms with Gasteiger partial charge in [-0.25, -0.2) is 0 Å². The zero-order chi connectivity index (χ0) is 16.1. The van der Waals surface area contributed by atoms with Gasteiger partial charge < -0.3 is 4.90 Å². The summed E-state index contributed by atoms with van der Waals surface area (Å²) in [5.74, 6) is -0.0308. The van der Waals surface area contributed by atoms with Crippen LogP contribution in [0.3, 0.4) is 0 Å². The lowest BCUT2D eigenvalue weighted by atomic mass is 10.1. The molecule has 0 saturated heterocycles. The molecule has 114 valence electrons. The van der Waals surface area contributed by atoms with Crippen molar-refractivity contribution >= 4 is 27.5 Å². The van der Waals surface area contributed by atoms with E-state index in [2.05, 4.69) is 15.9 Å². The Morgan fingerprint density at radius 2 is 1.64 bits per heavy atom. The molecule has 0 bridgehead atoms. The molecule has 0 heterocycles. The molecule has 2 aromatic carbocycles. The summed E-state index contributed by atoms with van der Waals surface area (Å²) in [5, 5.41) is 10.6. The van der Waals surface area contributed by atoms with Crippen molar-refractivity contribution in [3.8, 4) is 0 Å². The van der Waals surface area contributed by atoms with Crippen LogP contribution in [0.2, 0.25) is 0 Å². The van der Waals surface area contributed by atoms with Crippen molar-refractivity contribution in [3.05, 3.63) is 74.2 Å².